The number of azide groups is 1. The fourth-order valence-corrected chi connectivity index (χ4v) is 0.889. The summed E-state index contributed by atoms with van der Waals surface area (Å²) >= 11 is 0. The van der Waals surface area contributed by atoms with Crippen molar-refractivity contribution in [3.05, 3.63) is 10.4 Å². The van der Waals surface area contributed by atoms with Gasteiger partial charge in [0, 0.05) is 4.91 Å². The lowest BCUT2D eigenvalue weighted by molar-refractivity contribution is -0.142. The smallest absolute Gasteiger partial charge is 0.408 e. The first-order valence-corrected chi connectivity index (χ1v) is 4.88. The number of carbonyl (C=O) groups is 2. The summed E-state index contributed by atoms with van der Waals surface area (Å²) in [5, 5.41) is 5.46. The number of hydrogen-bond donors (Lipinski definition) is 1. The van der Waals surface area contributed by atoms with Gasteiger partial charge in [0.15, 0.2) is 0 Å². The number of alkyl carbamates (subject to hydrolysis) is 1. The first kappa shape index (κ1) is 15.0. The molecule has 0 bridgehead atoms. The van der Waals surface area contributed by atoms with Crippen LogP contribution in [0.2, 0.25) is 0 Å². The lowest BCUT2D eigenvalue weighted by Crippen LogP contribution is -2.45. The average Bonchev–Trinajstić information content (AvgIpc) is 2.20. The summed E-state index contributed by atoms with van der Waals surface area (Å²) in [6, 6.07) is -1.05. The monoisotopic (exact) mass is 244 g/mol. The summed E-state index contributed by atoms with van der Waals surface area (Å²) in [7, 11) is 1.17. The molecule has 0 heterocycles. The predicted molar refractivity (Wildman–Crippen MR) is 59.2 cm³/mol. The van der Waals surface area contributed by atoms with E-state index in [4.69, 9.17) is 10.3 Å². The molecule has 0 aromatic rings. The Balaban J connectivity index is 4.47. The van der Waals surface area contributed by atoms with Gasteiger partial charge in [-0.25, -0.2) is 9.59 Å². The van der Waals surface area contributed by atoms with E-state index in [0.29, 0.717) is 0 Å². The van der Waals surface area contributed by atoms with Gasteiger partial charge in [-0.1, -0.05) is 5.11 Å². The van der Waals surface area contributed by atoms with Crippen molar-refractivity contribution in [2.45, 2.75) is 32.4 Å². The normalized spacial score (nSPS) is 12.0. The van der Waals surface area contributed by atoms with Crippen molar-refractivity contribution in [1.82, 2.24) is 5.32 Å². The van der Waals surface area contributed by atoms with Crippen LogP contribution in [0.15, 0.2) is 5.11 Å². The Morgan fingerprint density at radius 3 is 2.47 bits per heavy atom. The molecule has 0 unspecified atom stereocenters. The largest absolute Gasteiger partial charge is 0.467 e. The van der Waals surface area contributed by atoms with Gasteiger partial charge in [0.2, 0.25) is 0 Å². The van der Waals surface area contributed by atoms with Crippen LogP contribution in [-0.4, -0.2) is 37.4 Å². The van der Waals surface area contributed by atoms with Gasteiger partial charge >= 0.3 is 12.1 Å². The molecule has 0 aromatic heterocycles. The highest BCUT2D eigenvalue weighted by Crippen LogP contribution is 2.07. The molecule has 8 nitrogen and oxygen atoms in total. The van der Waals surface area contributed by atoms with Crippen molar-refractivity contribution >= 4 is 12.1 Å². The number of rotatable bonds is 4. The van der Waals surface area contributed by atoms with Crippen molar-refractivity contribution in [2.75, 3.05) is 13.7 Å². The van der Waals surface area contributed by atoms with Crippen LogP contribution in [0.3, 0.4) is 0 Å². The molecule has 17 heavy (non-hydrogen) atoms. The molecule has 0 aliphatic carbocycles. The van der Waals surface area contributed by atoms with Gasteiger partial charge in [0.25, 0.3) is 0 Å². The number of methoxy groups -OCH3 is 1. The van der Waals surface area contributed by atoms with Crippen molar-refractivity contribution < 1.29 is 19.1 Å². The van der Waals surface area contributed by atoms with Gasteiger partial charge in [-0.15, -0.1) is 0 Å². The predicted octanol–water partition coefficient (Wildman–Crippen LogP) is 1.36. The second-order valence-electron chi connectivity index (χ2n) is 4.14. The highest BCUT2D eigenvalue weighted by Gasteiger charge is 2.24. The SMILES string of the molecule is COC(=O)[C@@H](CN=[N+]=[N-])NC(=O)OC(C)(C)C. The van der Waals surface area contributed by atoms with Crippen molar-refractivity contribution in [3.63, 3.8) is 0 Å². The van der Waals surface area contributed by atoms with E-state index in [0.717, 1.165) is 0 Å². The van der Waals surface area contributed by atoms with E-state index < -0.39 is 23.7 Å². The highest BCUT2D eigenvalue weighted by atomic mass is 16.6. The number of nitrogens with zero attached hydrogens (tertiary/aromatic N) is 3. The second kappa shape index (κ2) is 6.59. The molecule has 8 heteroatoms. The molecule has 0 fully saturated rings. The van der Waals surface area contributed by atoms with Crippen molar-refractivity contribution in [3.8, 4) is 0 Å². The van der Waals surface area contributed by atoms with Gasteiger partial charge in [-0.2, -0.15) is 0 Å². The molecule has 1 atom stereocenters. The van der Waals surface area contributed by atoms with Crippen LogP contribution in [0, 0.1) is 0 Å². The zero-order valence-corrected chi connectivity index (χ0v) is 10.3. The Labute approximate surface area is 98.9 Å². The fraction of sp³-hybridized carbons (Fsp3) is 0.778. The Bertz CT molecular complexity index is 330. The second-order valence-corrected chi connectivity index (χ2v) is 4.14. The van der Waals surface area contributed by atoms with Crippen molar-refractivity contribution in [1.29, 1.82) is 0 Å². The maximum atomic E-state index is 11.4. The fourth-order valence-electron chi connectivity index (χ4n) is 0.889. The molecule has 0 radical (unpaired) electrons. The molecule has 96 valence electrons. The molecule has 1 amide bonds. The maximum Gasteiger partial charge on any atom is 0.408 e. The van der Waals surface area contributed by atoms with E-state index in [9.17, 15) is 9.59 Å². The quantitative estimate of drug-likeness (QED) is 0.348. The van der Waals surface area contributed by atoms with E-state index in [-0.39, 0.29) is 6.54 Å². The summed E-state index contributed by atoms with van der Waals surface area (Å²) in [6.07, 6.45) is -0.777. The minimum absolute atomic E-state index is 0.234. The van der Waals surface area contributed by atoms with Crippen LogP contribution in [0.5, 0.6) is 0 Å². The van der Waals surface area contributed by atoms with Crippen molar-refractivity contribution in [2.24, 2.45) is 5.11 Å². The first-order valence-electron chi connectivity index (χ1n) is 4.88. The Hall–Kier alpha value is -1.95. The zero-order valence-electron chi connectivity index (χ0n) is 10.3. The third-order valence-corrected chi connectivity index (χ3v) is 1.50. The standard InChI is InChI=1S/C9H16N4O4/c1-9(2,3)17-8(15)12-6(5-11-13-10)7(14)16-4/h6H,5H2,1-4H3,(H,12,15)/t6-/m1/s1. The molecular formula is C9H16N4O4. The molecule has 0 spiro atoms. The molecule has 0 saturated heterocycles. The maximum absolute atomic E-state index is 11.4. The van der Waals surface area contributed by atoms with E-state index in [1.807, 2.05) is 0 Å². The Morgan fingerprint density at radius 1 is 1.47 bits per heavy atom. The van der Waals surface area contributed by atoms with Crippen LogP contribution in [-0.2, 0) is 14.3 Å². The van der Waals surface area contributed by atoms with Gasteiger partial charge in [0.05, 0.1) is 13.7 Å². The number of amides is 1. The van der Waals surface area contributed by atoms with Crippen LogP contribution < -0.4 is 5.32 Å². The number of ether oxygens (including phenoxy) is 2. The highest BCUT2D eigenvalue weighted by molar-refractivity contribution is 5.81. The van der Waals surface area contributed by atoms with E-state index in [2.05, 4.69) is 20.1 Å². The van der Waals surface area contributed by atoms with Crippen LogP contribution in [0.25, 0.3) is 10.4 Å². The summed E-state index contributed by atoms with van der Waals surface area (Å²) in [5.41, 5.74) is 7.48. The van der Waals surface area contributed by atoms with Gasteiger partial charge < -0.3 is 14.8 Å². The van der Waals surface area contributed by atoms with E-state index in [1.165, 1.54) is 7.11 Å². The molecule has 0 rings (SSSR count). The minimum Gasteiger partial charge on any atom is -0.467 e. The molecule has 0 aliphatic heterocycles. The van der Waals surface area contributed by atoms with Crippen LogP contribution in [0.1, 0.15) is 20.8 Å². The van der Waals surface area contributed by atoms with Crippen LogP contribution in [0.4, 0.5) is 4.79 Å². The van der Waals surface area contributed by atoms with E-state index >= 15 is 0 Å². The molecule has 0 aliphatic rings. The number of hydrogen-bond acceptors (Lipinski definition) is 5. The average molecular weight is 244 g/mol. The number of carbonyl (C=O) groups excluding carboxylic acids is 2. The van der Waals surface area contributed by atoms with Gasteiger partial charge in [0.1, 0.15) is 11.6 Å². The Kier molecular flexibility index (Phi) is 5.84. The first-order chi connectivity index (χ1) is 7.80. The van der Waals surface area contributed by atoms with Gasteiger partial charge in [-0.05, 0) is 26.3 Å². The molecule has 1 N–H and O–H groups in total. The summed E-state index contributed by atoms with van der Waals surface area (Å²) in [4.78, 5) is 25.1. The lowest BCUT2D eigenvalue weighted by Gasteiger charge is -2.21. The van der Waals surface area contributed by atoms with Gasteiger partial charge in [-0.3, -0.25) is 0 Å². The third kappa shape index (κ3) is 7.02. The number of esters is 1. The molecule has 0 saturated carbocycles. The summed E-state index contributed by atoms with van der Waals surface area (Å²) in [6.45, 7) is 4.83. The lowest BCUT2D eigenvalue weighted by atomic mass is 10.2. The summed E-state index contributed by atoms with van der Waals surface area (Å²) < 4.78 is 9.40. The topological polar surface area (TPSA) is 113 Å². The number of nitrogens with one attached hydrogen (secondary N) is 1. The summed E-state index contributed by atoms with van der Waals surface area (Å²) in [5.74, 6) is -0.705. The zero-order chi connectivity index (χ0) is 13.5. The van der Waals surface area contributed by atoms with Crippen LogP contribution >= 0.6 is 0 Å². The Morgan fingerprint density at radius 2 is 2.06 bits per heavy atom. The van der Waals surface area contributed by atoms with E-state index in [1.54, 1.807) is 20.8 Å². The third-order valence-electron chi connectivity index (χ3n) is 1.50. The molecular weight excluding hydrogens is 228 g/mol. The molecule has 0 aromatic carbocycles. The minimum atomic E-state index is -1.05.